The van der Waals surface area contributed by atoms with E-state index < -0.39 is 0 Å². The molecule has 0 aromatic rings. The molecule has 0 spiro atoms. The van der Waals surface area contributed by atoms with Gasteiger partial charge in [0.05, 0.1) is 0 Å². The van der Waals surface area contributed by atoms with Crippen molar-refractivity contribution in [3.8, 4) is 0 Å². The largest absolute Gasteiger partial charge is 0.385 e. The van der Waals surface area contributed by atoms with Crippen LogP contribution in [0, 0.1) is 0 Å². The fourth-order valence-electron chi connectivity index (χ4n) is 2.61. The maximum Gasteiger partial charge on any atom is 0.0462 e. The number of nitrogens with zero attached hydrogens (tertiary/aromatic N) is 1. The summed E-state index contributed by atoms with van der Waals surface area (Å²) in [4.78, 5) is 2.67. The van der Waals surface area contributed by atoms with Gasteiger partial charge in [-0.3, -0.25) is 4.90 Å². The number of nitrogens with one attached hydrogen (secondary N) is 1. The van der Waals surface area contributed by atoms with E-state index >= 15 is 0 Å². The highest BCUT2D eigenvalue weighted by Gasteiger charge is 2.25. The quantitative estimate of drug-likeness (QED) is 0.673. The van der Waals surface area contributed by atoms with Gasteiger partial charge in [0.1, 0.15) is 0 Å². The Balaban J connectivity index is 2.29. The van der Waals surface area contributed by atoms with Crippen LogP contribution in [0.4, 0.5) is 0 Å². The van der Waals surface area contributed by atoms with Crippen LogP contribution in [0.2, 0.25) is 0 Å². The highest BCUT2D eigenvalue weighted by molar-refractivity contribution is 4.84. The van der Waals surface area contributed by atoms with E-state index in [9.17, 15) is 0 Å². The van der Waals surface area contributed by atoms with Gasteiger partial charge in [-0.2, -0.15) is 0 Å². The highest BCUT2D eigenvalue weighted by atomic mass is 16.5. The van der Waals surface area contributed by atoms with Crippen molar-refractivity contribution in [2.24, 2.45) is 0 Å². The first-order valence-corrected chi connectivity index (χ1v) is 6.70. The molecule has 1 rings (SSSR count). The second kappa shape index (κ2) is 8.04. The molecule has 1 N–H and O–H groups in total. The summed E-state index contributed by atoms with van der Waals surface area (Å²) in [5, 5.41) is 3.40. The van der Waals surface area contributed by atoms with Crippen LogP contribution in [0.15, 0.2) is 0 Å². The Labute approximate surface area is 101 Å². The second-order valence-electron chi connectivity index (χ2n) is 4.88. The summed E-state index contributed by atoms with van der Waals surface area (Å²) in [6.45, 7) is 5.72. The number of likely N-dealkylation sites (N-methyl/N-ethyl adjacent to an activating group) is 1. The number of rotatable bonds is 7. The first-order chi connectivity index (χ1) is 7.79. The van der Waals surface area contributed by atoms with Gasteiger partial charge in [-0.25, -0.2) is 0 Å². The average Bonchev–Trinajstić information content (AvgIpc) is 2.34. The van der Waals surface area contributed by atoms with Crippen molar-refractivity contribution in [3.63, 3.8) is 0 Å². The maximum atomic E-state index is 5.10. The number of hydrogen-bond donors (Lipinski definition) is 1. The van der Waals surface area contributed by atoms with E-state index in [4.69, 9.17) is 4.74 Å². The Morgan fingerprint density at radius 1 is 1.38 bits per heavy atom. The molecular formula is C13H28N2O. The lowest BCUT2D eigenvalue weighted by molar-refractivity contribution is 0.114. The molecule has 16 heavy (non-hydrogen) atoms. The van der Waals surface area contributed by atoms with E-state index in [2.05, 4.69) is 24.2 Å². The predicted octanol–water partition coefficient (Wildman–Crippen LogP) is 1.88. The SMILES string of the molecule is CNC(C)C1CCCCN1CCCCOC. The number of piperidine rings is 1. The Kier molecular flexibility index (Phi) is 7.01. The van der Waals surface area contributed by atoms with Crippen molar-refractivity contribution in [1.29, 1.82) is 0 Å². The average molecular weight is 228 g/mol. The molecule has 0 amide bonds. The van der Waals surface area contributed by atoms with Gasteiger partial charge < -0.3 is 10.1 Å². The third kappa shape index (κ3) is 4.40. The maximum absolute atomic E-state index is 5.10. The molecule has 1 fully saturated rings. The molecule has 0 radical (unpaired) electrons. The molecule has 0 saturated carbocycles. The minimum absolute atomic E-state index is 0.614. The lowest BCUT2D eigenvalue weighted by Crippen LogP contribution is -2.50. The smallest absolute Gasteiger partial charge is 0.0462 e. The van der Waals surface area contributed by atoms with E-state index in [0.717, 1.165) is 12.6 Å². The molecule has 0 aromatic carbocycles. The van der Waals surface area contributed by atoms with Crippen LogP contribution < -0.4 is 5.32 Å². The third-order valence-electron chi connectivity index (χ3n) is 3.74. The van der Waals surface area contributed by atoms with Crippen LogP contribution in [0.1, 0.15) is 39.0 Å². The van der Waals surface area contributed by atoms with Crippen molar-refractivity contribution < 1.29 is 4.74 Å². The summed E-state index contributed by atoms with van der Waals surface area (Å²) < 4.78 is 5.10. The zero-order chi connectivity index (χ0) is 11.8. The van der Waals surface area contributed by atoms with E-state index in [1.54, 1.807) is 7.11 Å². The van der Waals surface area contributed by atoms with Crippen molar-refractivity contribution in [2.45, 2.75) is 51.1 Å². The summed E-state index contributed by atoms with van der Waals surface area (Å²) in [6.07, 6.45) is 6.57. The van der Waals surface area contributed by atoms with Crippen LogP contribution in [0.5, 0.6) is 0 Å². The first kappa shape index (κ1) is 13.9. The lowest BCUT2D eigenvalue weighted by atomic mass is 9.96. The predicted molar refractivity (Wildman–Crippen MR) is 68.8 cm³/mol. The first-order valence-electron chi connectivity index (χ1n) is 6.70. The molecule has 1 saturated heterocycles. The van der Waals surface area contributed by atoms with Crippen LogP contribution in [0.25, 0.3) is 0 Å². The molecule has 1 aliphatic rings. The van der Waals surface area contributed by atoms with Crippen LogP contribution in [-0.2, 0) is 4.74 Å². The van der Waals surface area contributed by atoms with Crippen molar-refractivity contribution in [3.05, 3.63) is 0 Å². The number of ether oxygens (including phenoxy) is 1. The van der Waals surface area contributed by atoms with E-state index in [1.165, 1.54) is 45.2 Å². The van der Waals surface area contributed by atoms with Gasteiger partial charge in [0, 0.05) is 25.8 Å². The van der Waals surface area contributed by atoms with Gasteiger partial charge in [-0.1, -0.05) is 6.42 Å². The standard InChI is InChI=1S/C13H28N2O/c1-12(14-2)13-8-4-5-9-15(13)10-6-7-11-16-3/h12-14H,4-11H2,1-3H3. The molecule has 1 heterocycles. The summed E-state index contributed by atoms with van der Waals surface area (Å²) in [5.41, 5.74) is 0. The van der Waals surface area contributed by atoms with Crippen LogP contribution in [0.3, 0.4) is 0 Å². The fraction of sp³-hybridized carbons (Fsp3) is 1.00. The number of hydrogen-bond acceptors (Lipinski definition) is 3. The van der Waals surface area contributed by atoms with Crippen molar-refractivity contribution in [2.75, 3.05) is 33.9 Å². The summed E-state index contributed by atoms with van der Waals surface area (Å²) in [5.74, 6) is 0. The summed E-state index contributed by atoms with van der Waals surface area (Å²) in [6, 6.07) is 1.35. The lowest BCUT2D eigenvalue weighted by Gasteiger charge is -2.39. The van der Waals surface area contributed by atoms with Gasteiger partial charge in [-0.05, 0) is 52.7 Å². The normalized spacial score (nSPS) is 24.6. The number of unbranched alkanes of at least 4 members (excludes halogenated alkanes) is 1. The molecule has 96 valence electrons. The van der Waals surface area contributed by atoms with Crippen LogP contribution >= 0.6 is 0 Å². The second-order valence-corrected chi connectivity index (χ2v) is 4.88. The molecule has 0 aliphatic carbocycles. The molecule has 3 heteroatoms. The minimum Gasteiger partial charge on any atom is -0.385 e. The topological polar surface area (TPSA) is 24.5 Å². The molecule has 0 bridgehead atoms. The number of likely N-dealkylation sites (tertiary alicyclic amines) is 1. The third-order valence-corrected chi connectivity index (χ3v) is 3.74. The van der Waals surface area contributed by atoms with Gasteiger partial charge in [0.15, 0.2) is 0 Å². The van der Waals surface area contributed by atoms with Crippen LogP contribution in [-0.4, -0.2) is 50.8 Å². The zero-order valence-electron chi connectivity index (χ0n) is 11.2. The molecule has 2 atom stereocenters. The molecule has 0 aromatic heterocycles. The highest BCUT2D eigenvalue weighted by Crippen LogP contribution is 2.20. The fourth-order valence-corrected chi connectivity index (χ4v) is 2.61. The van der Waals surface area contributed by atoms with E-state index in [0.29, 0.717) is 6.04 Å². The number of methoxy groups -OCH3 is 1. The van der Waals surface area contributed by atoms with E-state index in [1.807, 2.05) is 0 Å². The Morgan fingerprint density at radius 3 is 2.88 bits per heavy atom. The monoisotopic (exact) mass is 228 g/mol. The zero-order valence-corrected chi connectivity index (χ0v) is 11.2. The molecule has 1 aliphatic heterocycles. The molecule has 2 unspecified atom stereocenters. The molecular weight excluding hydrogens is 200 g/mol. The minimum atomic E-state index is 0.614. The molecule has 3 nitrogen and oxygen atoms in total. The Morgan fingerprint density at radius 2 is 2.19 bits per heavy atom. The Bertz CT molecular complexity index is 175. The van der Waals surface area contributed by atoms with Gasteiger partial charge >= 0.3 is 0 Å². The Hall–Kier alpha value is -0.120. The van der Waals surface area contributed by atoms with Gasteiger partial charge in [0.2, 0.25) is 0 Å². The van der Waals surface area contributed by atoms with E-state index in [-0.39, 0.29) is 0 Å². The summed E-state index contributed by atoms with van der Waals surface area (Å²) >= 11 is 0. The van der Waals surface area contributed by atoms with Crippen molar-refractivity contribution in [1.82, 2.24) is 10.2 Å². The van der Waals surface area contributed by atoms with Gasteiger partial charge in [-0.15, -0.1) is 0 Å². The van der Waals surface area contributed by atoms with Gasteiger partial charge in [0.25, 0.3) is 0 Å². The summed E-state index contributed by atoms with van der Waals surface area (Å²) in [7, 11) is 3.86. The van der Waals surface area contributed by atoms with Crippen molar-refractivity contribution >= 4 is 0 Å².